The smallest absolute Gasteiger partial charge is 0.206 e. The summed E-state index contributed by atoms with van der Waals surface area (Å²) < 4.78 is 54.5. The highest BCUT2D eigenvalue weighted by Gasteiger charge is 2.30. The molecular weight excluding hydrogens is 763 g/mol. The van der Waals surface area contributed by atoms with Gasteiger partial charge < -0.3 is 26.4 Å². The summed E-state index contributed by atoms with van der Waals surface area (Å²) in [5.41, 5.74) is 6.41. The maximum absolute atomic E-state index is 13.9. The molecule has 0 N–H and O–H groups in total. The molecule has 0 bridgehead atoms. The van der Waals surface area contributed by atoms with Crippen molar-refractivity contribution >= 4 is 71.6 Å². The van der Waals surface area contributed by atoms with Gasteiger partial charge in [0.15, 0.2) is 23.0 Å². The Kier molecular flexibility index (Phi) is 7.92. The van der Waals surface area contributed by atoms with E-state index < -0.39 is 15.4 Å². The van der Waals surface area contributed by atoms with E-state index in [0.29, 0.717) is 6.42 Å². The molecule has 1 aliphatic carbocycles. The molecule has 2 aromatic heterocycles. The topological polar surface area (TPSA) is 80.9 Å². The largest absolute Gasteiger partial charge is 0.497 e. The zero-order valence-corrected chi connectivity index (χ0v) is 30.8. The normalized spacial score (nSPS) is 15.9. The lowest BCUT2D eigenvalue weighted by Gasteiger charge is -2.28. The van der Waals surface area contributed by atoms with Crippen LogP contribution in [-0.4, -0.2) is 44.5 Å². The van der Waals surface area contributed by atoms with E-state index in [2.05, 4.69) is 28.2 Å². The van der Waals surface area contributed by atoms with Crippen LogP contribution in [0.5, 0.6) is 17.2 Å². The minimum atomic E-state index is -3.80. The molecule has 10 heteroatoms. The van der Waals surface area contributed by atoms with Gasteiger partial charge in [0.05, 0.1) is 46.2 Å². The number of rotatable bonds is 8. The van der Waals surface area contributed by atoms with Crippen LogP contribution in [0.1, 0.15) is 18.2 Å². The van der Waals surface area contributed by atoms with Crippen molar-refractivity contribution in [3.63, 3.8) is 0 Å². The van der Waals surface area contributed by atoms with Gasteiger partial charge in [0, 0.05) is 46.8 Å². The van der Waals surface area contributed by atoms with Crippen LogP contribution in [0.15, 0.2) is 119 Å². The van der Waals surface area contributed by atoms with Gasteiger partial charge in [-0.1, -0.05) is 6.08 Å². The van der Waals surface area contributed by atoms with E-state index in [-0.39, 0.29) is 9.79 Å². The minimum Gasteiger partial charge on any atom is -0.497 e. The van der Waals surface area contributed by atoms with E-state index in [9.17, 15) is 8.42 Å². The Labute approximate surface area is 304 Å². The van der Waals surface area contributed by atoms with E-state index in [1.165, 1.54) is 0 Å². The fourth-order valence-corrected chi connectivity index (χ4v) is 8.58. The third-order valence-corrected chi connectivity index (χ3v) is 12.0. The number of hydrogen-bond donors (Lipinski definition) is 0. The molecule has 8 nitrogen and oxygen atoms in total. The van der Waals surface area contributed by atoms with Crippen molar-refractivity contribution in [2.45, 2.75) is 28.7 Å². The van der Waals surface area contributed by atoms with Gasteiger partial charge in [-0.2, -0.15) is 0 Å². The van der Waals surface area contributed by atoms with Crippen molar-refractivity contribution in [1.82, 2.24) is 9.13 Å². The van der Waals surface area contributed by atoms with Crippen LogP contribution in [0.4, 0.5) is 0 Å². The van der Waals surface area contributed by atoms with Crippen molar-refractivity contribution in [3.8, 4) is 28.6 Å². The molecule has 1 unspecified atom stereocenters. The van der Waals surface area contributed by atoms with Crippen LogP contribution in [0.3, 0.4) is 0 Å². The van der Waals surface area contributed by atoms with Crippen LogP contribution in [0.25, 0.3) is 50.2 Å². The first-order valence-electron chi connectivity index (χ1n) is 16.0. The van der Waals surface area contributed by atoms with Crippen molar-refractivity contribution in [2.24, 2.45) is 0 Å². The van der Waals surface area contributed by atoms with E-state index in [4.69, 9.17) is 17.3 Å². The van der Waals surface area contributed by atoms with E-state index in [1.54, 1.807) is 45.6 Å². The first kappa shape index (κ1) is 32.4. The Bertz CT molecular complexity index is 2530. The molecule has 0 spiro atoms. The summed E-state index contributed by atoms with van der Waals surface area (Å²) in [6.45, 7) is 2.07. The molecule has 1 aliphatic rings. The monoisotopic (exact) mass is 796 g/mol. The Morgan fingerprint density at radius 1 is 0.640 bits per heavy atom. The lowest BCUT2D eigenvalue weighted by molar-refractivity contribution is 0.0490. The Morgan fingerprint density at radius 2 is 1.12 bits per heavy atom. The third kappa shape index (κ3) is 5.16. The summed E-state index contributed by atoms with van der Waals surface area (Å²) in [5, 5.41) is 3.09. The predicted octanol–water partition coefficient (Wildman–Crippen LogP) is 9.28. The molecule has 252 valence electrons. The number of nitrogens with zero attached hydrogens (tertiary/aromatic N) is 2. The van der Waals surface area contributed by atoms with Gasteiger partial charge in [-0.15, -0.1) is 0 Å². The summed E-state index contributed by atoms with van der Waals surface area (Å²) in [4.78, 5) is 0.438. The number of sulfone groups is 1. The first-order valence-corrected chi connectivity index (χ1v) is 18.4. The van der Waals surface area contributed by atoms with Gasteiger partial charge in [0.25, 0.3) is 0 Å². The number of fused-ring (bicyclic) bond motifs is 6. The van der Waals surface area contributed by atoms with Crippen LogP contribution in [0, 0.1) is 0 Å². The molecule has 2 heterocycles. The number of hydrogen-bond acceptors (Lipinski definition) is 6. The highest BCUT2D eigenvalue weighted by molar-refractivity contribution is 14.1. The molecule has 1 atom stereocenters. The average molecular weight is 797 g/mol. The number of halogens is 1. The van der Waals surface area contributed by atoms with Crippen LogP contribution >= 0.6 is 23.0 Å². The van der Waals surface area contributed by atoms with Gasteiger partial charge in [-0.05, 0) is 122 Å². The fourth-order valence-electron chi connectivity index (χ4n) is 7.05. The average Bonchev–Trinajstić information content (AvgIpc) is 3.65. The molecule has 0 radical (unpaired) electrons. The predicted molar refractivity (Wildman–Crippen MR) is 205 cm³/mol. The number of methoxy groups -OCH3 is 3. The van der Waals surface area contributed by atoms with Crippen molar-refractivity contribution in [3.05, 3.63) is 120 Å². The number of ether oxygens (including phenoxy) is 3. The Hall–Kier alpha value is -4.78. The van der Waals surface area contributed by atoms with Gasteiger partial charge in [0.1, 0.15) is 17.2 Å². The van der Waals surface area contributed by atoms with E-state index in [0.717, 1.165) is 72.6 Å². The number of benzene rings is 5. The highest BCUT2D eigenvalue weighted by atomic mass is 127. The van der Waals surface area contributed by atoms with Crippen LogP contribution in [-0.2, 0) is 21.0 Å². The molecule has 5 aromatic carbocycles. The summed E-state index contributed by atoms with van der Waals surface area (Å²) in [6, 6.07) is 32.0. The SMILES string of the molecule is COc1ccc2c(c1)c1cc(OC)ccc1n2-c1ccc(S(=O)(=O)c2ccc(-n3c4c(c5cc(OI)ccc53)CC(C)(OC)C=C4)cc2)cc1. The van der Waals surface area contributed by atoms with E-state index >= 15 is 0 Å². The second-order valence-corrected chi connectivity index (χ2v) is 15.0. The van der Waals surface area contributed by atoms with E-state index in [1.807, 2.05) is 102 Å². The Morgan fingerprint density at radius 3 is 1.62 bits per heavy atom. The molecule has 0 saturated carbocycles. The van der Waals surface area contributed by atoms with Crippen molar-refractivity contribution in [2.75, 3.05) is 21.3 Å². The molecule has 0 fully saturated rings. The van der Waals surface area contributed by atoms with Crippen LogP contribution < -0.4 is 12.5 Å². The number of aromatic nitrogens is 2. The lowest BCUT2D eigenvalue weighted by atomic mass is 9.89. The summed E-state index contributed by atoms with van der Waals surface area (Å²) >= 11 is 1.89. The molecule has 0 aliphatic heterocycles. The Balaban J connectivity index is 1.16. The summed E-state index contributed by atoms with van der Waals surface area (Å²) in [6.07, 6.45) is 4.86. The minimum absolute atomic E-state index is 0.218. The first-order chi connectivity index (χ1) is 24.2. The van der Waals surface area contributed by atoms with Crippen molar-refractivity contribution in [1.29, 1.82) is 0 Å². The maximum Gasteiger partial charge on any atom is 0.206 e. The van der Waals surface area contributed by atoms with Crippen LogP contribution in [0.2, 0.25) is 0 Å². The van der Waals surface area contributed by atoms with Gasteiger partial charge in [-0.3, -0.25) is 0 Å². The van der Waals surface area contributed by atoms with Gasteiger partial charge >= 0.3 is 0 Å². The second-order valence-electron chi connectivity index (χ2n) is 12.6. The molecular formula is C40H33IN2O6S. The molecule has 7 aromatic rings. The molecule has 0 saturated heterocycles. The highest BCUT2D eigenvalue weighted by Crippen LogP contribution is 2.40. The second kappa shape index (κ2) is 12.2. The summed E-state index contributed by atoms with van der Waals surface area (Å²) in [5.74, 6) is 2.27. The van der Waals surface area contributed by atoms with Gasteiger partial charge in [-0.25, -0.2) is 8.42 Å². The maximum atomic E-state index is 13.9. The lowest BCUT2D eigenvalue weighted by Crippen LogP contribution is -2.29. The zero-order chi connectivity index (χ0) is 34.8. The molecule has 0 amide bonds. The third-order valence-electron chi connectivity index (χ3n) is 9.75. The summed E-state index contributed by atoms with van der Waals surface area (Å²) in [7, 11) is 1.22. The molecule has 8 rings (SSSR count). The molecule has 50 heavy (non-hydrogen) atoms. The van der Waals surface area contributed by atoms with Crippen molar-refractivity contribution < 1.29 is 25.7 Å². The zero-order valence-electron chi connectivity index (χ0n) is 27.8. The van der Waals surface area contributed by atoms with Gasteiger partial charge in [0.2, 0.25) is 9.84 Å². The fraction of sp³-hybridized carbons (Fsp3) is 0.150. The standard InChI is InChI=1S/C40H33IN2O6S/c1-40(48-4)20-19-39-35(24-40)34-23-29(49-41)11-18-38(34)43(39)26-7-14-31(15-8-26)50(44,45)30-12-5-25(6-13-30)42-36-16-9-27(46-2)21-32(36)33-22-28(47-3)10-17-37(33)42/h5-23H,24H2,1-4H3. The quantitative estimate of drug-likeness (QED) is 0.143.